The van der Waals surface area contributed by atoms with Crippen molar-refractivity contribution in [3.05, 3.63) is 30.1 Å². The molecule has 0 aliphatic heterocycles. The standard InChI is InChI=1S/C14H19FN2O3/c15-11-7-9-12(10-8-11)16-13(18)5-3-1-2-4-6-14(19)17-20/h7-10,20H,1-6H2,(H,16,18)(H,17,19)/i15+0. The summed E-state index contributed by atoms with van der Waals surface area (Å²) in [5.41, 5.74) is 2.16. The molecule has 0 saturated carbocycles. The van der Waals surface area contributed by atoms with E-state index < -0.39 is 0 Å². The van der Waals surface area contributed by atoms with Crippen molar-refractivity contribution in [3.8, 4) is 0 Å². The van der Waals surface area contributed by atoms with Crippen molar-refractivity contribution in [2.45, 2.75) is 38.5 Å². The van der Waals surface area contributed by atoms with E-state index in [0.29, 0.717) is 18.5 Å². The fourth-order valence-electron chi connectivity index (χ4n) is 1.74. The van der Waals surface area contributed by atoms with Crippen LogP contribution in [0.25, 0.3) is 0 Å². The SMILES string of the molecule is O=C(CCCCCCC(=O)Nc1ccc([19F])cc1)NO. The highest BCUT2D eigenvalue weighted by molar-refractivity contribution is 5.90. The predicted molar refractivity (Wildman–Crippen MR) is 72.7 cm³/mol. The van der Waals surface area contributed by atoms with Crippen LogP contribution in [0.5, 0.6) is 0 Å². The zero-order chi connectivity index (χ0) is 14.8. The average molecular weight is 282 g/mol. The Morgan fingerprint density at radius 1 is 0.950 bits per heavy atom. The molecular weight excluding hydrogens is 263 g/mol. The molecule has 6 heteroatoms. The maximum Gasteiger partial charge on any atom is 0.243 e. The summed E-state index contributed by atoms with van der Waals surface area (Å²) in [5, 5.41) is 11.0. The molecule has 1 aromatic rings. The minimum Gasteiger partial charge on any atom is -0.326 e. The van der Waals surface area contributed by atoms with E-state index in [-0.39, 0.29) is 24.1 Å². The van der Waals surface area contributed by atoms with Crippen LogP contribution in [-0.2, 0) is 9.59 Å². The second-order valence-corrected chi connectivity index (χ2v) is 4.50. The largest absolute Gasteiger partial charge is 0.326 e. The Bertz CT molecular complexity index is 435. The topological polar surface area (TPSA) is 78.4 Å². The third-order valence-electron chi connectivity index (χ3n) is 2.81. The Balaban J connectivity index is 2.08. The molecule has 0 aliphatic carbocycles. The first-order chi connectivity index (χ1) is 9.61. The highest BCUT2D eigenvalue weighted by Crippen LogP contribution is 2.10. The molecule has 0 aliphatic rings. The summed E-state index contributed by atoms with van der Waals surface area (Å²) in [7, 11) is 0. The molecule has 0 aromatic heterocycles. The second kappa shape index (κ2) is 9.03. The van der Waals surface area contributed by atoms with Gasteiger partial charge in [-0.3, -0.25) is 14.8 Å². The van der Waals surface area contributed by atoms with Gasteiger partial charge in [0.2, 0.25) is 11.8 Å². The molecule has 1 aromatic carbocycles. The van der Waals surface area contributed by atoms with Gasteiger partial charge in [-0.25, -0.2) is 9.87 Å². The molecule has 0 radical (unpaired) electrons. The molecule has 20 heavy (non-hydrogen) atoms. The van der Waals surface area contributed by atoms with Crippen molar-refractivity contribution in [2.24, 2.45) is 0 Å². The zero-order valence-corrected chi connectivity index (χ0v) is 11.2. The number of hydrogen-bond acceptors (Lipinski definition) is 3. The minimum atomic E-state index is -0.390. The van der Waals surface area contributed by atoms with Gasteiger partial charge in [0.1, 0.15) is 5.82 Å². The Kier molecular flexibility index (Phi) is 7.27. The Hall–Kier alpha value is -1.95. The first-order valence-electron chi connectivity index (χ1n) is 6.60. The summed E-state index contributed by atoms with van der Waals surface area (Å²) in [5.74, 6) is -0.835. The normalized spacial score (nSPS) is 10.1. The lowest BCUT2D eigenvalue weighted by Gasteiger charge is -2.05. The number of halogens is 1. The molecule has 0 spiro atoms. The van der Waals surface area contributed by atoms with Crippen molar-refractivity contribution in [3.63, 3.8) is 0 Å². The minimum absolute atomic E-state index is 0.107. The predicted octanol–water partition coefficient (Wildman–Crippen LogP) is 2.61. The van der Waals surface area contributed by atoms with Gasteiger partial charge in [-0.15, -0.1) is 0 Å². The van der Waals surface area contributed by atoms with E-state index in [2.05, 4.69) is 5.32 Å². The van der Waals surface area contributed by atoms with Crippen LogP contribution in [0.1, 0.15) is 38.5 Å². The fourth-order valence-corrected chi connectivity index (χ4v) is 1.74. The Morgan fingerprint density at radius 3 is 2.05 bits per heavy atom. The number of hydrogen-bond donors (Lipinski definition) is 3. The maximum atomic E-state index is 12.7. The van der Waals surface area contributed by atoms with Gasteiger partial charge >= 0.3 is 0 Å². The van der Waals surface area contributed by atoms with E-state index in [1.165, 1.54) is 24.3 Å². The van der Waals surface area contributed by atoms with Crippen LogP contribution in [0.15, 0.2) is 24.3 Å². The van der Waals surface area contributed by atoms with Crippen molar-refractivity contribution in [2.75, 3.05) is 5.32 Å². The van der Waals surface area contributed by atoms with Crippen LogP contribution in [0.2, 0.25) is 0 Å². The summed E-state index contributed by atoms with van der Waals surface area (Å²) in [6, 6.07) is 5.62. The summed E-state index contributed by atoms with van der Waals surface area (Å²) in [6.45, 7) is 0. The quantitative estimate of drug-likeness (QED) is 0.389. The van der Waals surface area contributed by atoms with Crippen molar-refractivity contribution in [1.29, 1.82) is 0 Å². The highest BCUT2D eigenvalue weighted by atomic mass is 19.1. The smallest absolute Gasteiger partial charge is 0.243 e. The van der Waals surface area contributed by atoms with Gasteiger partial charge in [-0.05, 0) is 37.1 Å². The molecule has 0 atom stereocenters. The molecule has 0 fully saturated rings. The van der Waals surface area contributed by atoms with Crippen molar-refractivity contribution < 1.29 is 19.2 Å². The number of benzene rings is 1. The lowest BCUT2D eigenvalue weighted by molar-refractivity contribution is -0.129. The lowest BCUT2D eigenvalue weighted by atomic mass is 10.1. The van der Waals surface area contributed by atoms with E-state index in [1.807, 2.05) is 0 Å². The third kappa shape index (κ3) is 6.84. The summed E-state index contributed by atoms with van der Waals surface area (Å²) in [6.07, 6.45) is 3.77. The first-order valence-corrected chi connectivity index (χ1v) is 6.60. The number of nitrogens with one attached hydrogen (secondary N) is 2. The van der Waals surface area contributed by atoms with Gasteiger partial charge in [0.15, 0.2) is 0 Å². The summed E-state index contributed by atoms with van der Waals surface area (Å²) >= 11 is 0. The zero-order valence-electron chi connectivity index (χ0n) is 11.2. The number of carbonyl (C=O) groups is 2. The van der Waals surface area contributed by atoms with Crippen LogP contribution < -0.4 is 10.8 Å². The number of amides is 2. The molecule has 3 N–H and O–H groups in total. The van der Waals surface area contributed by atoms with Crippen LogP contribution in [0.3, 0.4) is 0 Å². The Labute approximate surface area is 117 Å². The van der Waals surface area contributed by atoms with Gasteiger partial charge in [-0.1, -0.05) is 12.8 Å². The fraction of sp³-hybridized carbons (Fsp3) is 0.429. The van der Waals surface area contributed by atoms with Crippen LogP contribution in [0.4, 0.5) is 10.1 Å². The molecule has 5 nitrogen and oxygen atoms in total. The molecule has 0 unspecified atom stereocenters. The molecule has 0 bridgehead atoms. The monoisotopic (exact) mass is 282 g/mol. The lowest BCUT2D eigenvalue weighted by Crippen LogP contribution is -2.17. The second-order valence-electron chi connectivity index (χ2n) is 4.50. The molecule has 2 amide bonds. The number of anilines is 1. The van der Waals surface area contributed by atoms with Gasteiger partial charge in [0, 0.05) is 18.5 Å². The first kappa shape index (κ1) is 16.1. The van der Waals surface area contributed by atoms with Crippen LogP contribution in [0, 0.1) is 5.82 Å². The molecule has 110 valence electrons. The Morgan fingerprint density at radius 2 is 1.50 bits per heavy atom. The molecule has 1 rings (SSSR count). The molecule has 0 saturated heterocycles. The van der Waals surface area contributed by atoms with Gasteiger partial charge in [0.25, 0.3) is 0 Å². The third-order valence-corrected chi connectivity index (χ3v) is 2.81. The van der Waals surface area contributed by atoms with E-state index in [1.54, 1.807) is 5.48 Å². The number of rotatable bonds is 8. The number of carbonyl (C=O) groups excluding carboxylic acids is 2. The number of hydroxylamine groups is 1. The van der Waals surface area contributed by atoms with Crippen LogP contribution in [-0.4, -0.2) is 17.0 Å². The van der Waals surface area contributed by atoms with E-state index in [4.69, 9.17) is 5.21 Å². The van der Waals surface area contributed by atoms with Gasteiger partial charge in [0.05, 0.1) is 0 Å². The van der Waals surface area contributed by atoms with Crippen LogP contribution >= 0.6 is 0 Å². The average Bonchev–Trinajstić information content (AvgIpc) is 2.44. The van der Waals surface area contributed by atoms with Gasteiger partial charge < -0.3 is 5.32 Å². The van der Waals surface area contributed by atoms with Gasteiger partial charge in [-0.2, -0.15) is 0 Å². The summed E-state index contributed by atoms with van der Waals surface area (Å²) < 4.78 is 12.7. The van der Waals surface area contributed by atoms with Crippen molar-refractivity contribution in [1.82, 2.24) is 5.48 Å². The molecular formula is C14H19FN2O3. The van der Waals surface area contributed by atoms with E-state index >= 15 is 0 Å². The maximum absolute atomic E-state index is 12.7. The van der Waals surface area contributed by atoms with Crippen molar-refractivity contribution >= 4 is 17.5 Å². The number of unbranched alkanes of at least 4 members (excludes halogenated alkanes) is 3. The van der Waals surface area contributed by atoms with E-state index in [0.717, 1.165) is 19.3 Å². The molecule has 0 heterocycles. The highest BCUT2D eigenvalue weighted by Gasteiger charge is 2.03. The summed E-state index contributed by atoms with van der Waals surface area (Å²) in [4.78, 5) is 22.3. The van der Waals surface area contributed by atoms with E-state index in [9.17, 15) is 14.0 Å².